The predicted molar refractivity (Wildman–Crippen MR) is 125 cm³/mol. The summed E-state index contributed by atoms with van der Waals surface area (Å²) in [5.74, 6) is -2.21. The van der Waals surface area contributed by atoms with Crippen LogP contribution in [0.3, 0.4) is 0 Å². The van der Waals surface area contributed by atoms with E-state index in [1.807, 2.05) is 25.1 Å². The van der Waals surface area contributed by atoms with E-state index >= 15 is 0 Å². The molecule has 3 rings (SSSR count). The van der Waals surface area contributed by atoms with Crippen LogP contribution in [-0.2, 0) is 4.79 Å². The summed E-state index contributed by atoms with van der Waals surface area (Å²) >= 11 is 1.29. The highest BCUT2D eigenvalue weighted by molar-refractivity contribution is 8.00. The number of benzene rings is 3. The number of aryl methyl sites for hydroxylation is 1. The number of hydrogen-bond acceptors (Lipinski definition) is 5. The minimum Gasteiger partial charge on any atom is -0.507 e. The SMILES string of the molecule is Cc1ccc(C(=O)Nc2cccc(SC(C)C(=O)Nc3ccc(O)c(C(=O)O)c3)c2)cc1. The van der Waals surface area contributed by atoms with Gasteiger partial charge in [0.1, 0.15) is 11.3 Å². The predicted octanol–water partition coefficient (Wildman–Crippen LogP) is 4.77. The lowest BCUT2D eigenvalue weighted by atomic mass is 10.1. The number of nitrogens with one attached hydrogen (secondary N) is 2. The zero-order chi connectivity index (χ0) is 23.3. The molecule has 0 aliphatic heterocycles. The average Bonchev–Trinajstić information content (AvgIpc) is 2.75. The zero-order valence-corrected chi connectivity index (χ0v) is 18.3. The van der Waals surface area contributed by atoms with E-state index in [1.165, 1.54) is 30.0 Å². The van der Waals surface area contributed by atoms with Gasteiger partial charge in [-0.05, 0) is 62.4 Å². The summed E-state index contributed by atoms with van der Waals surface area (Å²) in [7, 11) is 0. The standard InChI is InChI=1S/C24H22N2O5S/c1-14-6-8-16(9-7-14)23(29)26-17-4-3-5-19(12-17)32-15(2)22(28)25-18-10-11-21(27)20(13-18)24(30)31/h3-13,15,27H,1-2H3,(H,25,28)(H,26,29)(H,30,31). The summed E-state index contributed by atoms with van der Waals surface area (Å²) in [5, 5.41) is 23.7. The van der Waals surface area contributed by atoms with Crippen LogP contribution >= 0.6 is 11.8 Å². The van der Waals surface area contributed by atoms with Crippen molar-refractivity contribution in [1.29, 1.82) is 0 Å². The summed E-state index contributed by atoms with van der Waals surface area (Å²) in [6, 6.07) is 18.3. The molecule has 8 heteroatoms. The highest BCUT2D eigenvalue weighted by Crippen LogP contribution is 2.28. The quantitative estimate of drug-likeness (QED) is 0.304. The molecule has 0 heterocycles. The normalized spacial score (nSPS) is 11.4. The minimum absolute atomic E-state index is 0.223. The van der Waals surface area contributed by atoms with Gasteiger partial charge < -0.3 is 20.8 Å². The second-order valence-electron chi connectivity index (χ2n) is 7.13. The Morgan fingerprint density at radius 1 is 0.906 bits per heavy atom. The van der Waals surface area contributed by atoms with Crippen LogP contribution in [0.25, 0.3) is 0 Å². The van der Waals surface area contributed by atoms with Crippen LogP contribution in [0.5, 0.6) is 5.75 Å². The molecular formula is C24H22N2O5S. The van der Waals surface area contributed by atoms with Crippen molar-refractivity contribution in [2.75, 3.05) is 10.6 Å². The lowest BCUT2D eigenvalue weighted by molar-refractivity contribution is -0.115. The Kier molecular flexibility index (Phi) is 7.17. The number of aromatic hydroxyl groups is 1. The molecule has 3 aromatic rings. The van der Waals surface area contributed by atoms with Crippen LogP contribution in [-0.4, -0.2) is 33.2 Å². The van der Waals surface area contributed by atoms with Gasteiger partial charge in [0.2, 0.25) is 5.91 Å². The molecule has 3 aromatic carbocycles. The summed E-state index contributed by atoms with van der Waals surface area (Å²) in [4.78, 5) is 36.9. The van der Waals surface area contributed by atoms with Crippen LogP contribution in [0.2, 0.25) is 0 Å². The van der Waals surface area contributed by atoms with Crippen LogP contribution in [0.15, 0.2) is 71.6 Å². The van der Waals surface area contributed by atoms with E-state index in [2.05, 4.69) is 10.6 Å². The lowest BCUT2D eigenvalue weighted by Crippen LogP contribution is -2.22. The fraction of sp³-hybridized carbons (Fsp3) is 0.125. The molecular weight excluding hydrogens is 428 g/mol. The summed E-state index contributed by atoms with van der Waals surface area (Å²) in [6.45, 7) is 3.67. The first kappa shape index (κ1) is 22.9. The van der Waals surface area contributed by atoms with E-state index in [4.69, 9.17) is 5.11 Å². The monoisotopic (exact) mass is 450 g/mol. The molecule has 0 aromatic heterocycles. The van der Waals surface area contributed by atoms with Crippen molar-refractivity contribution < 1.29 is 24.6 Å². The third-order valence-corrected chi connectivity index (χ3v) is 5.68. The maximum atomic E-state index is 12.5. The molecule has 7 nitrogen and oxygen atoms in total. The topological polar surface area (TPSA) is 116 Å². The smallest absolute Gasteiger partial charge is 0.339 e. The average molecular weight is 451 g/mol. The number of thioether (sulfide) groups is 1. The van der Waals surface area contributed by atoms with Crippen LogP contribution in [0.4, 0.5) is 11.4 Å². The molecule has 1 unspecified atom stereocenters. The molecule has 0 aliphatic carbocycles. The van der Waals surface area contributed by atoms with E-state index in [0.717, 1.165) is 10.5 Å². The van der Waals surface area contributed by atoms with Gasteiger partial charge in [-0.3, -0.25) is 9.59 Å². The molecule has 0 fully saturated rings. The third kappa shape index (κ3) is 5.89. The van der Waals surface area contributed by atoms with Gasteiger partial charge in [-0.1, -0.05) is 23.8 Å². The number of rotatable bonds is 7. The first-order valence-electron chi connectivity index (χ1n) is 9.75. The fourth-order valence-corrected chi connectivity index (χ4v) is 3.77. The Balaban J connectivity index is 1.63. The molecule has 0 saturated heterocycles. The molecule has 0 bridgehead atoms. The van der Waals surface area contributed by atoms with Crippen molar-refractivity contribution in [2.45, 2.75) is 24.0 Å². The molecule has 0 radical (unpaired) electrons. The molecule has 0 spiro atoms. The van der Waals surface area contributed by atoms with Crippen LogP contribution in [0, 0.1) is 6.92 Å². The fourth-order valence-electron chi connectivity index (χ4n) is 2.84. The highest BCUT2D eigenvalue weighted by Gasteiger charge is 2.17. The zero-order valence-electron chi connectivity index (χ0n) is 17.5. The van der Waals surface area contributed by atoms with Crippen molar-refractivity contribution in [3.05, 3.63) is 83.4 Å². The van der Waals surface area contributed by atoms with E-state index in [-0.39, 0.29) is 28.8 Å². The molecule has 0 saturated carbocycles. The van der Waals surface area contributed by atoms with Gasteiger partial charge in [0.25, 0.3) is 5.91 Å². The Labute approximate surface area is 189 Å². The first-order valence-corrected chi connectivity index (χ1v) is 10.6. The molecule has 0 aliphatic rings. The Bertz CT molecular complexity index is 1160. The number of carboxylic acid groups (broad SMARTS) is 1. The van der Waals surface area contributed by atoms with Gasteiger partial charge in [-0.25, -0.2) is 4.79 Å². The number of anilines is 2. The second kappa shape index (κ2) is 10.0. The second-order valence-corrected chi connectivity index (χ2v) is 8.55. The Hall–Kier alpha value is -3.78. The van der Waals surface area contributed by atoms with Gasteiger partial charge in [0.05, 0.1) is 5.25 Å². The number of aromatic carboxylic acids is 1. The van der Waals surface area contributed by atoms with E-state index in [1.54, 1.807) is 37.3 Å². The maximum absolute atomic E-state index is 12.5. The highest BCUT2D eigenvalue weighted by atomic mass is 32.2. The third-order valence-electron chi connectivity index (χ3n) is 4.58. The molecule has 4 N–H and O–H groups in total. The molecule has 1 atom stereocenters. The van der Waals surface area contributed by atoms with Crippen molar-refractivity contribution in [3.63, 3.8) is 0 Å². The van der Waals surface area contributed by atoms with Gasteiger partial charge in [-0.15, -0.1) is 11.8 Å². The van der Waals surface area contributed by atoms with Crippen molar-refractivity contribution in [3.8, 4) is 5.75 Å². The lowest BCUT2D eigenvalue weighted by Gasteiger charge is -2.14. The van der Waals surface area contributed by atoms with E-state index in [9.17, 15) is 19.5 Å². The van der Waals surface area contributed by atoms with Gasteiger partial charge in [0.15, 0.2) is 0 Å². The van der Waals surface area contributed by atoms with Gasteiger partial charge >= 0.3 is 5.97 Å². The largest absolute Gasteiger partial charge is 0.507 e. The number of carbonyl (C=O) groups excluding carboxylic acids is 2. The number of phenols is 1. The van der Waals surface area contributed by atoms with Crippen molar-refractivity contribution in [2.24, 2.45) is 0 Å². The number of carboxylic acids is 1. The maximum Gasteiger partial charge on any atom is 0.339 e. The van der Waals surface area contributed by atoms with Crippen molar-refractivity contribution >= 4 is 40.9 Å². The van der Waals surface area contributed by atoms with Crippen LogP contribution in [0.1, 0.15) is 33.2 Å². The van der Waals surface area contributed by atoms with Crippen molar-refractivity contribution in [1.82, 2.24) is 0 Å². The summed E-state index contributed by atoms with van der Waals surface area (Å²) in [5.41, 5.74) is 2.21. The Morgan fingerprint density at radius 2 is 1.59 bits per heavy atom. The van der Waals surface area contributed by atoms with Gasteiger partial charge in [0, 0.05) is 21.8 Å². The molecule has 32 heavy (non-hydrogen) atoms. The number of amides is 2. The van der Waals surface area contributed by atoms with E-state index in [0.29, 0.717) is 11.3 Å². The van der Waals surface area contributed by atoms with Crippen LogP contribution < -0.4 is 10.6 Å². The number of hydrogen-bond donors (Lipinski definition) is 4. The molecule has 2 amide bonds. The van der Waals surface area contributed by atoms with Gasteiger partial charge in [-0.2, -0.15) is 0 Å². The number of carbonyl (C=O) groups is 3. The Morgan fingerprint density at radius 3 is 2.28 bits per heavy atom. The minimum atomic E-state index is -1.29. The molecule has 164 valence electrons. The first-order chi connectivity index (χ1) is 15.2. The summed E-state index contributed by atoms with van der Waals surface area (Å²) < 4.78 is 0. The van der Waals surface area contributed by atoms with E-state index < -0.39 is 11.2 Å². The summed E-state index contributed by atoms with van der Waals surface area (Å²) in [6.07, 6.45) is 0.